The van der Waals surface area contributed by atoms with Gasteiger partial charge in [-0.25, -0.2) is 0 Å². The van der Waals surface area contributed by atoms with Crippen molar-refractivity contribution in [2.45, 2.75) is 58.4 Å². The second-order valence-electron chi connectivity index (χ2n) is 7.78. The van der Waals surface area contributed by atoms with E-state index < -0.39 is 0 Å². The van der Waals surface area contributed by atoms with E-state index in [1.54, 1.807) is 0 Å². The van der Waals surface area contributed by atoms with Crippen molar-refractivity contribution in [1.29, 1.82) is 0 Å². The van der Waals surface area contributed by atoms with Crippen molar-refractivity contribution < 1.29 is 0 Å². The first-order valence-electron chi connectivity index (χ1n) is 7.74. The topological polar surface area (TPSA) is 12.0 Å². The van der Waals surface area contributed by atoms with E-state index in [4.69, 9.17) is 0 Å². The van der Waals surface area contributed by atoms with Crippen LogP contribution in [-0.2, 0) is 5.41 Å². The molecule has 0 aliphatic heterocycles. The average Bonchev–Trinajstić information content (AvgIpc) is 2.27. The molecule has 20 heavy (non-hydrogen) atoms. The minimum Gasteiger partial charge on any atom is -0.311 e. The molecule has 0 unspecified atom stereocenters. The molecule has 2 rings (SSSR count). The van der Waals surface area contributed by atoms with Crippen LogP contribution in [0.5, 0.6) is 0 Å². The quantitative estimate of drug-likeness (QED) is 0.801. The summed E-state index contributed by atoms with van der Waals surface area (Å²) in [6, 6.07) is 8.75. The predicted octanol–water partition coefficient (Wildman–Crippen LogP) is 5.14. The van der Waals surface area contributed by atoms with Gasteiger partial charge in [0.25, 0.3) is 0 Å². The maximum absolute atomic E-state index is 3.76. The Bertz CT molecular complexity index is 453. The van der Waals surface area contributed by atoms with Gasteiger partial charge in [-0.1, -0.05) is 48.0 Å². The van der Waals surface area contributed by atoms with E-state index in [9.17, 15) is 0 Å². The Morgan fingerprint density at radius 3 is 2.35 bits per heavy atom. The molecule has 2 heteroatoms. The first-order valence-corrected chi connectivity index (χ1v) is 8.53. The number of rotatable bonds is 4. The molecule has 1 N–H and O–H groups in total. The van der Waals surface area contributed by atoms with Crippen LogP contribution in [0.15, 0.2) is 28.7 Å². The van der Waals surface area contributed by atoms with Crippen LogP contribution in [0.1, 0.15) is 53.0 Å². The molecule has 0 aromatic heterocycles. The number of hydrogen-bond donors (Lipinski definition) is 1. The smallest absolute Gasteiger partial charge is 0.0213 e. The van der Waals surface area contributed by atoms with Gasteiger partial charge >= 0.3 is 0 Å². The highest BCUT2D eigenvalue weighted by molar-refractivity contribution is 9.10. The van der Waals surface area contributed by atoms with Crippen molar-refractivity contribution >= 4 is 15.9 Å². The van der Waals surface area contributed by atoms with Crippen LogP contribution in [0.3, 0.4) is 0 Å². The standard InChI is InChI=1S/C18H28BrN/c1-13(2)14-10-18(11-14,12-20-17(3,4)5)15-8-6-7-9-16(15)19/h6-9,13-14,20H,10-12H2,1-5H3. The van der Waals surface area contributed by atoms with Gasteiger partial charge in [0.05, 0.1) is 0 Å². The minimum atomic E-state index is 0.178. The van der Waals surface area contributed by atoms with E-state index in [2.05, 4.69) is 80.1 Å². The van der Waals surface area contributed by atoms with E-state index in [0.29, 0.717) is 5.41 Å². The van der Waals surface area contributed by atoms with Crippen LogP contribution in [0.2, 0.25) is 0 Å². The Morgan fingerprint density at radius 2 is 1.85 bits per heavy atom. The molecular formula is C18H28BrN. The first-order chi connectivity index (χ1) is 9.23. The van der Waals surface area contributed by atoms with Crippen molar-refractivity contribution in [2.75, 3.05) is 6.54 Å². The summed E-state index contributed by atoms with van der Waals surface area (Å²) in [5.74, 6) is 1.66. The molecule has 0 bridgehead atoms. The van der Waals surface area contributed by atoms with Gasteiger partial charge in [-0.2, -0.15) is 0 Å². The molecule has 1 aliphatic rings. The van der Waals surface area contributed by atoms with Gasteiger partial charge in [0.15, 0.2) is 0 Å². The highest BCUT2D eigenvalue weighted by atomic mass is 79.9. The predicted molar refractivity (Wildman–Crippen MR) is 91.1 cm³/mol. The van der Waals surface area contributed by atoms with Gasteiger partial charge in [-0.3, -0.25) is 0 Å². The van der Waals surface area contributed by atoms with Gasteiger partial charge in [0.2, 0.25) is 0 Å². The Morgan fingerprint density at radius 1 is 1.25 bits per heavy atom. The zero-order chi connectivity index (χ0) is 15.0. The third kappa shape index (κ3) is 3.46. The Kier molecular flexibility index (Phi) is 4.66. The van der Waals surface area contributed by atoms with Gasteiger partial charge < -0.3 is 5.32 Å². The van der Waals surface area contributed by atoms with Crippen molar-refractivity contribution in [1.82, 2.24) is 5.32 Å². The van der Waals surface area contributed by atoms with Crippen molar-refractivity contribution in [3.05, 3.63) is 34.3 Å². The van der Waals surface area contributed by atoms with Crippen molar-refractivity contribution in [2.24, 2.45) is 11.8 Å². The van der Waals surface area contributed by atoms with E-state index >= 15 is 0 Å². The third-order valence-corrected chi connectivity index (χ3v) is 5.34. The lowest BCUT2D eigenvalue weighted by Crippen LogP contribution is -2.53. The summed E-state index contributed by atoms with van der Waals surface area (Å²) >= 11 is 3.76. The Labute approximate surface area is 132 Å². The summed E-state index contributed by atoms with van der Waals surface area (Å²) in [4.78, 5) is 0. The summed E-state index contributed by atoms with van der Waals surface area (Å²) in [6.07, 6.45) is 2.60. The van der Waals surface area contributed by atoms with E-state index in [-0.39, 0.29) is 5.54 Å². The molecule has 1 aromatic carbocycles. The Balaban J connectivity index is 2.21. The second kappa shape index (κ2) is 5.81. The van der Waals surface area contributed by atoms with Crippen molar-refractivity contribution in [3.8, 4) is 0 Å². The van der Waals surface area contributed by atoms with Gasteiger partial charge in [0, 0.05) is 22.0 Å². The number of nitrogens with one attached hydrogen (secondary N) is 1. The molecule has 0 saturated heterocycles. The Hall–Kier alpha value is -0.340. The summed E-state index contributed by atoms with van der Waals surface area (Å²) in [5.41, 5.74) is 1.97. The highest BCUT2D eigenvalue weighted by Crippen LogP contribution is 2.52. The SMILES string of the molecule is CC(C)C1CC(CNC(C)(C)C)(c2ccccc2Br)C1. The summed E-state index contributed by atoms with van der Waals surface area (Å²) < 4.78 is 1.26. The fourth-order valence-electron chi connectivity index (χ4n) is 3.20. The molecule has 0 spiro atoms. The molecular weight excluding hydrogens is 310 g/mol. The summed E-state index contributed by atoms with van der Waals surface area (Å²) in [7, 11) is 0. The van der Waals surface area contributed by atoms with Crippen LogP contribution in [-0.4, -0.2) is 12.1 Å². The van der Waals surface area contributed by atoms with Crippen LogP contribution < -0.4 is 5.32 Å². The molecule has 1 aromatic rings. The third-order valence-electron chi connectivity index (χ3n) is 4.65. The van der Waals surface area contributed by atoms with E-state index in [1.807, 2.05) is 0 Å². The molecule has 0 heterocycles. The maximum Gasteiger partial charge on any atom is 0.0213 e. The largest absolute Gasteiger partial charge is 0.311 e. The van der Waals surface area contributed by atoms with Crippen LogP contribution in [0, 0.1) is 11.8 Å². The molecule has 112 valence electrons. The zero-order valence-electron chi connectivity index (χ0n) is 13.5. The molecule has 1 aliphatic carbocycles. The van der Waals surface area contributed by atoms with Gasteiger partial charge in [-0.15, -0.1) is 0 Å². The van der Waals surface area contributed by atoms with Gasteiger partial charge in [-0.05, 0) is 57.1 Å². The zero-order valence-corrected chi connectivity index (χ0v) is 15.0. The lowest BCUT2D eigenvalue weighted by molar-refractivity contribution is 0.0907. The highest BCUT2D eigenvalue weighted by Gasteiger charge is 2.47. The van der Waals surface area contributed by atoms with E-state index in [0.717, 1.165) is 18.4 Å². The second-order valence-corrected chi connectivity index (χ2v) is 8.63. The number of hydrogen-bond acceptors (Lipinski definition) is 1. The van der Waals surface area contributed by atoms with E-state index in [1.165, 1.54) is 22.9 Å². The maximum atomic E-state index is 3.76. The molecule has 0 radical (unpaired) electrons. The van der Waals surface area contributed by atoms with Crippen molar-refractivity contribution in [3.63, 3.8) is 0 Å². The fraction of sp³-hybridized carbons (Fsp3) is 0.667. The molecule has 0 atom stereocenters. The van der Waals surface area contributed by atoms with Crippen LogP contribution >= 0.6 is 15.9 Å². The molecule has 1 saturated carbocycles. The number of benzene rings is 1. The normalized spacial score (nSPS) is 26.6. The summed E-state index contributed by atoms with van der Waals surface area (Å²) in [5, 5.41) is 3.73. The minimum absolute atomic E-state index is 0.178. The van der Waals surface area contributed by atoms with Crippen LogP contribution in [0.4, 0.5) is 0 Å². The number of halogens is 1. The average molecular weight is 338 g/mol. The molecule has 1 nitrogen and oxygen atoms in total. The van der Waals surface area contributed by atoms with Gasteiger partial charge in [0.1, 0.15) is 0 Å². The summed E-state index contributed by atoms with van der Waals surface area (Å²) in [6.45, 7) is 12.5. The lowest BCUT2D eigenvalue weighted by Gasteiger charge is -2.51. The molecule has 0 amide bonds. The first kappa shape index (κ1) is 16.0. The van der Waals surface area contributed by atoms with Crippen LogP contribution in [0.25, 0.3) is 0 Å². The lowest BCUT2D eigenvalue weighted by atomic mass is 9.55. The molecule has 1 fully saturated rings. The fourth-order valence-corrected chi connectivity index (χ4v) is 3.91. The monoisotopic (exact) mass is 337 g/mol.